The van der Waals surface area contributed by atoms with Crippen molar-refractivity contribution in [1.82, 2.24) is 4.90 Å². The Labute approximate surface area is 82.6 Å². The van der Waals surface area contributed by atoms with Crippen LogP contribution >= 0.6 is 23.4 Å². The maximum atomic E-state index is 11.2. The van der Waals surface area contributed by atoms with Gasteiger partial charge < -0.3 is 4.90 Å². The number of thioether (sulfide) groups is 1. The highest BCUT2D eigenvalue weighted by Crippen LogP contribution is 2.20. The average molecular weight is 208 g/mol. The molecule has 4 heteroatoms. The summed E-state index contributed by atoms with van der Waals surface area (Å²) < 4.78 is 0. The van der Waals surface area contributed by atoms with Crippen molar-refractivity contribution in [2.75, 3.05) is 24.4 Å². The number of halogens is 1. The number of amides is 1. The molecule has 0 atom stereocenters. The minimum Gasteiger partial charge on any atom is -0.342 e. The topological polar surface area (TPSA) is 20.3 Å². The van der Waals surface area contributed by atoms with Gasteiger partial charge in [-0.3, -0.25) is 4.79 Å². The molecule has 1 fully saturated rings. The third-order valence-corrected chi connectivity index (χ3v) is 3.52. The third kappa shape index (κ3) is 2.56. The molecule has 1 heterocycles. The molecule has 1 aliphatic heterocycles. The Kier molecular flexibility index (Phi) is 4.22. The largest absolute Gasteiger partial charge is 0.342 e. The maximum Gasteiger partial charge on any atom is 0.237 e. The second kappa shape index (κ2) is 4.97. The predicted molar refractivity (Wildman–Crippen MR) is 53.8 cm³/mol. The van der Waals surface area contributed by atoms with Crippen LogP contribution < -0.4 is 0 Å². The first-order valence-electron chi connectivity index (χ1n) is 4.15. The highest BCUT2D eigenvalue weighted by molar-refractivity contribution is 7.99. The number of rotatable bonds is 2. The molecule has 70 valence electrons. The molecule has 1 aliphatic rings. The minimum absolute atomic E-state index is 0.0496. The van der Waals surface area contributed by atoms with E-state index < -0.39 is 0 Å². The third-order valence-electron chi connectivity index (χ3n) is 2.25. The van der Waals surface area contributed by atoms with E-state index >= 15 is 0 Å². The molecular formula is C8H14ClNOS. The lowest BCUT2D eigenvalue weighted by Crippen LogP contribution is -2.39. The predicted octanol–water partition coefficient (Wildman–Crippen LogP) is 1.58. The highest BCUT2D eigenvalue weighted by Gasteiger charge is 2.21. The number of carbonyl (C=O) groups excluding carboxylic acids is 1. The normalized spacial score (nSPS) is 19.2. The van der Waals surface area contributed by atoms with Gasteiger partial charge in [-0.1, -0.05) is 0 Å². The minimum atomic E-state index is 0.0496. The van der Waals surface area contributed by atoms with Crippen LogP contribution in [-0.2, 0) is 4.79 Å². The summed E-state index contributed by atoms with van der Waals surface area (Å²) in [6, 6.07) is 0.428. The van der Waals surface area contributed by atoms with Gasteiger partial charge in [0, 0.05) is 13.1 Å². The molecule has 0 aliphatic carbocycles. The molecule has 0 aromatic heterocycles. The van der Waals surface area contributed by atoms with E-state index in [0.717, 1.165) is 12.8 Å². The number of hydrogen-bond acceptors (Lipinski definition) is 2. The van der Waals surface area contributed by atoms with Crippen LogP contribution in [0.15, 0.2) is 0 Å². The van der Waals surface area contributed by atoms with E-state index in [4.69, 9.17) is 11.6 Å². The van der Waals surface area contributed by atoms with Gasteiger partial charge in [0.2, 0.25) is 5.91 Å². The van der Waals surface area contributed by atoms with Crippen molar-refractivity contribution in [3.05, 3.63) is 0 Å². The Morgan fingerprint density at radius 2 is 2.17 bits per heavy atom. The molecule has 0 spiro atoms. The number of nitrogens with zero attached hydrogens (tertiary/aromatic N) is 1. The Hall–Kier alpha value is 0.110. The zero-order chi connectivity index (χ0) is 8.97. The zero-order valence-electron chi connectivity index (χ0n) is 7.25. The summed E-state index contributed by atoms with van der Waals surface area (Å²) in [6.07, 6.45) is 2.23. The molecule has 2 nitrogen and oxygen atoms in total. The van der Waals surface area contributed by atoms with Crippen LogP contribution in [-0.4, -0.2) is 41.3 Å². The summed E-state index contributed by atoms with van der Waals surface area (Å²) in [6.45, 7) is 0. The van der Waals surface area contributed by atoms with E-state index in [1.54, 1.807) is 4.90 Å². The first-order chi connectivity index (χ1) is 5.75. The number of carbonyl (C=O) groups is 1. The van der Waals surface area contributed by atoms with Gasteiger partial charge in [-0.15, -0.1) is 11.6 Å². The van der Waals surface area contributed by atoms with Crippen molar-refractivity contribution in [2.24, 2.45) is 0 Å². The van der Waals surface area contributed by atoms with E-state index in [0.29, 0.717) is 6.04 Å². The van der Waals surface area contributed by atoms with Gasteiger partial charge in [-0.25, -0.2) is 0 Å². The molecule has 0 unspecified atom stereocenters. The monoisotopic (exact) mass is 207 g/mol. The van der Waals surface area contributed by atoms with Crippen molar-refractivity contribution in [3.8, 4) is 0 Å². The lowest BCUT2D eigenvalue weighted by molar-refractivity contribution is -0.129. The first-order valence-corrected chi connectivity index (χ1v) is 5.84. The summed E-state index contributed by atoms with van der Waals surface area (Å²) in [5, 5.41) is 0. The van der Waals surface area contributed by atoms with Gasteiger partial charge in [-0.05, 0) is 24.3 Å². The second-order valence-electron chi connectivity index (χ2n) is 2.98. The van der Waals surface area contributed by atoms with E-state index in [-0.39, 0.29) is 11.8 Å². The van der Waals surface area contributed by atoms with Gasteiger partial charge in [-0.2, -0.15) is 11.8 Å². The fourth-order valence-electron chi connectivity index (χ4n) is 1.37. The van der Waals surface area contributed by atoms with Crippen LogP contribution in [0.4, 0.5) is 0 Å². The SMILES string of the molecule is CN(C(=O)CCl)C1CCSCC1. The van der Waals surface area contributed by atoms with Gasteiger partial charge >= 0.3 is 0 Å². The Bertz CT molecular complexity index is 159. The molecule has 0 N–H and O–H groups in total. The van der Waals surface area contributed by atoms with Crippen LogP contribution in [0.1, 0.15) is 12.8 Å². The standard InChI is InChI=1S/C8H14ClNOS/c1-10(8(11)6-9)7-2-4-12-5-3-7/h7H,2-6H2,1H3. The van der Waals surface area contributed by atoms with E-state index in [1.807, 2.05) is 18.8 Å². The quantitative estimate of drug-likeness (QED) is 0.641. The first kappa shape index (κ1) is 10.2. The molecule has 1 amide bonds. The van der Waals surface area contributed by atoms with Crippen molar-refractivity contribution in [1.29, 1.82) is 0 Å². The highest BCUT2D eigenvalue weighted by atomic mass is 35.5. The zero-order valence-corrected chi connectivity index (χ0v) is 8.83. The molecule has 0 aromatic carbocycles. The van der Waals surface area contributed by atoms with Crippen LogP contribution in [0, 0.1) is 0 Å². The Morgan fingerprint density at radius 1 is 1.58 bits per heavy atom. The van der Waals surface area contributed by atoms with Crippen LogP contribution in [0.25, 0.3) is 0 Å². The van der Waals surface area contributed by atoms with E-state index in [9.17, 15) is 4.79 Å². The summed E-state index contributed by atoms with van der Waals surface area (Å²) in [5.74, 6) is 2.50. The summed E-state index contributed by atoms with van der Waals surface area (Å²) >= 11 is 7.43. The molecule has 0 saturated carbocycles. The smallest absolute Gasteiger partial charge is 0.237 e. The Morgan fingerprint density at radius 3 is 2.67 bits per heavy atom. The maximum absolute atomic E-state index is 11.2. The molecular weight excluding hydrogens is 194 g/mol. The number of alkyl halides is 1. The van der Waals surface area contributed by atoms with Crippen molar-refractivity contribution in [2.45, 2.75) is 18.9 Å². The van der Waals surface area contributed by atoms with Crippen molar-refractivity contribution >= 4 is 29.3 Å². The van der Waals surface area contributed by atoms with Gasteiger partial charge in [0.25, 0.3) is 0 Å². The molecule has 0 radical (unpaired) electrons. The molecule has 12 heavy (non-hydrogen) atoms. The van der Waals surface area contributed by atoms with E-state index in [1.165, 1.54) is 11.5 Å². The lowest BCUT2D eigenvalue weighted by Gasteiger charge is -2.30. The van der Waals surface area contributed by atoms with Crippen LogP contribution in [0.3, 0.4) is 0 Å². The second-order valence-corrected chi connectivity index (χ2v) is 4.47. The van der Waals surface area contributed by atoms with Crippen LogP contribution in [0.2, 0.25) is 0 Å². The fraction of sp³-hybridized carbons (Fsp3) is 0.875. The molecule has 1 rings (SSSR count). The summed E-state index contributed by atoms with van der Waals surface area (Å²) in [4.78, 5) is 13.0. The summed E-state index contributed by atoms with van der Waals surface area (Å²) in [7, 11) is 1.85. The van der Waals surface area contributed by atoms with Crippen LogP contribution in [0.5, 0.6) is 0 Å². The Balaban J connectivity index is 2.39. The average Bonchev–Trinajstić information content (AvgIpc) is 2.17. The van der Waals surface area contributed by atoms with Gasteiger partial charge in [0.1, 0.15) is 5.88 Å². The molecule has 0 bridgehead atoms. The van der Waals surface area contributed by atoms with Crippen molar-refractivity contribution in [3.63, 3.8) is 0 Å². The van der Waals surface area contributed by atoms with Gasteiger partial charge in [0.05, 0.1) is 0 Å². The molecule has 0 aromatic rings. The number of hydrogen-bond donors (Lipinski definition) is 0. The lowest BCUT2D eigenvalue weighted by atomic mass is 10.1. The fourth-order valence-corrected chi connectivity index (χ4v) is 2.64. The van der Waals surface area contributed by atoms with Crippen molar-refractivity contribution < 1.29 is 4.79 Å². The van der Waals surface area contributed by atoms with Gasteiger partial charge in [0.15, 0.2) is 0 Å². The summed E-state index contributed by atoms with van der Waals surface area (Å²) in [5.41, 5.74) is 0. The molecule has 1 saturated heterocycles. The van der Waals surface area contributed by atoms with E-state index in [2.05, 4.69) is 0 Å².